The van der Waals surface area contributed by atoms with E-state index in [2.05, 4.69) is 88.6 Å². The number of halogens is 1. The lowest BCUT2D eigenvalue weighted by atomic mass is 9.96. The summed E-state index contributed by atoms with van der Waals surface area (Å²) in [5, 5.41) is -0.0699. The summed E-state index contributed by atoms with van der Waals surface area (Å²) in [6.07, 6.45) is 6.27. The molecule has 1 fully saturated rings. The van der Waals surface area contributed by atoms with Crippen LogP contribution in [0.3, 0.4) is 0 Å². The van der Waals surface area contributed by atoms with Crippen molar-refractivity contribution in [3.05, 3.63) is 12.4 Å². The zero-order valence-corrected chi connectivity index (χ0v) is 24.7. The molecule has 0 amide bonds. The minimum absolute atomic E-state index is 0.00308. The van der Waals surface area contributed by atoms with Gasteiger partial charge in [-0.25, -0.2) is 4.98 Å². The van der Waals surface area contributed by atoms with Crippen LogP contribution in [0.1, 0.15) is 47.6 Å². The molecule has 0 aromatic carbocycles. The van der Waals surface area contributed by atoms with E-state index in [0.717, 1.165) is 0 Å². The van der Waals surface area contributed by atoms with Crippen LogP contribution in [0.2, 0.25) is 36.3 Å². The number of anilines is 1. The SMILES string of the molecule is C#C[C@]1(CO[Si](C)(C)C(C)(C)C)OC[C@@H](n2cnc3c(N)nc(F)nc32)C1O[Si](C)(C)C(C)(C)C. The Morgan fingerprint density at radius 3 is 2.31 bits per heavy atom. The van der Waals surface area contributed by atoms with Gasteiger partial charge in [-0.3, -0.25) is 0 Å². The second kappa shape index (κ2) is 8.92. The molecule has 3 rings (SSSR count). The highest BCUT2D eigenvalue weighted by molar-refractivity contribution is 6.74. The molecule has 194 valence electrons. The van der Waals surface area contributed by atoms with E-state index in [4.69, 9.17) is 25.7 Å². The van der Waals surface area contributed by atoms with E-state index >= 15 is 0 Å². The van der Waals surface area contributed by atoms with E-state index in [-0.39, 0.29) is 34.8 Å². The van der Waals surface area contributed by atoms with Crippen LogP contribution in [0.5, 0.6) is 0 Å². The van der Waals surface area contributed by atoms with Crippen LogP contribution in [0.15, 0.2) is 6.33 Å². The maximum Gasteiger partial charge on any atom is 0.312 e. The van der Waals surface area contributed by atoms with Crippen molar-refractivity contribution in [3.63, 3.8) is 0 Å². The summed E-state index contributed by atoms with van der Waals surface area (Å²) in [7, 11) is -4.45. The Labute approximate surface area is 210 Å². The van der Waals surface area contributed by atoms with Crippen LogP contribution in [-0.4, -0.2) is 61.1 Å². The lowest BCUT2D eigenvalue weighted by molar-refractivity contribution is -0.0413. The summed E-state index contributed by atoms with van der Waals surface area (Å²) in [5.74, 6) is 2.88. The van der Waals surface area contributed by atoms with E-state index in [1.54, 1.807) is 10.9 Å². The van der Waals surface area contributed by atoms with Crippen LogP contribution in [-0.2, 0) is 13.6 Å². The second-order valence-electron chi connectivity index (χ2n) is 12.5. The molecule has 2 N–H and O–H groups in total. The summed E-state index contributed by atoms with van der Waals surface area (Å²) in [5.41, 5.74) is 5.40. The summed E-state index contributed by atoms with van der Waals surface area (Å²) in [4.78, 5) is 11.9. The van der Waals surface area contributed by atoms with Crippen molar-refractivity contribution < 1.29 is 18.0 Å². The molecule has 2 aromatic rings. The van der Waals surface area contributed by atoms with Gasteiger partial charge in [0.25, 0.3) is 0 Å². The normalized spacial score (nSPS) is 24.2. The quantitative estimate of drug-likeness (QED) is 0.328. The number of nitrogens with two attached hydrogens (primary N) is 1. The van der Waals surface area contributed by atoms with Gasteiger partial charge in [0.15, 0.2) is 33.7 Å². The highest BCUT2D eigenvalue weighted by Gasteiger charge is 2.56. The Balaban J connectivity index is 2.09. The summed E-state index contributed by atoms with van der Waals surface area (Å²) < 4.78 is 35.7. The fourth-order valence-electron chi connectivity index (χ4n) is 3.56. The molecule has 2 aromatic heterocycles. The molecule has 1 aliphatic rings. The third-order valence-corrected chi connectivity index (χ3v) is 17.0. The van der Waals surface area contributed by atoms with Crippen LogP contribution in [0, 0.1) is 18.4 Å². The van der Waals surface area contributed by atoms with Gasteiger partial charge in [0.1, 0.15) is 11.6 Å². The molecule has 1 unspecified atom stereocenters. The number of imidazole rings is 1. The van der Waals surface area contributed by atoms with Gasteiger partial charge in [0.05, 0.1) is 25.6 Å². The second-order valence-corrected chi connectivity index (χ2v) is 22.0. The monoisotopic (exact) mass is 521 g/mol. The predicted molar refractivity (Wildman–Crippen MR) is 141 cm³/mol. The van der Waals surface area contributed by atoms with Gasteiger partial charge < -0.3 is 23.9 Å². The first-order valence-corrected chi connectivity index (χ1v) is 17.8. The van der Waals surface area contributed by atoms with E-state index in [1.807, 2.05) is 0 Å². The molecule has 8 nitrogen and oxygen atoms in total. The van der Waals surface area contributed by atoms with E-state index in [0.29, 0.717) is 5.52 Å². The summed E-state index contributed by atoms with van der Waals surface area (Å²) in [6.45, 7) is 22.2. The van der Waals surface area contributed by atoms with Crippen molar-refractivity contribution in [2.75, 3.05) is 18.9 Å². The number of ether oxygens (including phenoxy) is 1. The van der Waals surface area contributed by atoms with Gasteiger partial charge in [-0.2, -0.15) is 14.4 Å². The van der Waals surface area contributed by atoms with Crippen molar-refractivity contribution >= 4 is 33.6 Å². The Morgan fingerprint density at radius 1 is 1.17 bits per heavy atom. The molecule has 0 spiro atoms. The lowest BCUT2D eigenvalue weighted by Crippen LogP contribution is -2.55. The lowest BCUT2D eigenvalue weighted by Gasteiger charge is -2.44. The van der Waals surface area contributed by atoms with Crippen LogP contribution < -0.4 is 5.73 Å². The zero-order valence-electron chi connectivity index (χ0n) is 22.7. The van der Waals surface area contributed by atoms with Crippen LogP contribution in [0.4, 0.5) is 10.2 Å². The van der Waals surface area contributed by atoms with Crippen LogP contribution in [0.25, 0.3) is 11.2 Å². The topological polar surface area (TPSA) is 97.3 Å². The number of hydrogen-bond acceptors (Lipinski definition) is 7. The molecule has 35 heavy (non-hydrogen) atoms. The third-order valence-electron chi connectivity index (χ3n) is 8.02. The molecule has 3 atom stereocenters. The van der Waals surface area contributed by atoms with Gasteiger partial charge >= 0.3 is 6.08 Å². The molecule has 3 heterocycles. The Morgan fingerprint density at radius 2 is 1.77 bits per heavy atom. The third kappa shape index (κ3) is 5.04. The smallest absolute Gasteiger partial charge is 0.312 e. The fourth-order valence-corrected chi connectivity index (χ4v) is 5.90. The minimum Gasteiger partial charge on any atom is -0.413 e. The molecular formula is C24H40FN5O3Si2. The van der Waals surface area contributed by atoms with Gasteiger partial charge in [-0.15, -0.1) is 6.42 Å². The standard InChI is InChI=1S/C24H40FN5O3Si2/c1-12-24(14-32-34(8,9)22(2,3)4)18(33-35(10,11)23(5,6)7)16(13-31-24)30-15-27-17-19(26)28-21(25)29-20(17)30/h1,15-16,18H,13-14H2,2-11H3,(H2,26,28,29)/t16-,18?,24-/m1/s1. The van der Waals surface area contributed by atoms with Crippen molar-refractivity contribution in [1.82, 2.24) is 19.5 Å². The number of fused-ring (bicyclic) bond motifs is 1. The molecule has 0 aliphatic carbocycles. The molecular weight excluding hydrogens is 481 g/mol. The zero-order chi connectivity index (χ0) is 26.6. The molecule has 0 radical (unpaired) electrons. The predicted octanol–water partition coefficient (Wildman–Crippen LogP) is 4.90. The first-order valence-electron chi connectivity index (χ1n) is 11.9. The molecule has 0 bridgehead atoms. The molecule has 0 saturated carbocycles. The van der Waals surface area contributed by atoms with Crippen molar-refractivity contribution in [1.29, 1.82) is 0 Å². The average molecular weight is 522 g/mol. The molecule has 1 saturated heterocycles. The van der Waals surface area contributed by atoms with Gasteiger partial charge in [0.2, 0.25) is 0 Å². The largest absolute Gasteiger partial charge is 0.413 e. The maximum absolute atomic E-state index is 14.1. The van der Waals surface area contributed by atoms with Crippen molar-refractivity contribution in [2.24, 2.45) is 0 Å². The highest BCUT2D eigenvalue weighted by Crippen LogP contribution is 2.45. The van der Waals surface area contributed by atoms with Gasteiger partial charge in [-0.1, -0.05) is 47.5 Å². The first-order chi connectivity index (χ1) is 15.9. The van der Waals surface area contributed by atoms with Crippen molar-refractivity contribution in [2.45, 2.75) is 95.6 Å². The van der Waals surface area contributed by atoms with Crippen molar-refractivity contribution in [3.8, 4) is 12.3 Å². The van der Waals surface area contributed by atoms with E-state index in [1.165, 1.54) is 0 Å². The van der Waals surface area contributed by atoms with E-state index < -0.39 is 40.5 Å². The summed E-state index contributed by atoms with van der Waals surface area (Å²) in [6, 6.07) is -0.401. The highest BCUT2D eigenvalue weighted by atomic mass is 28.4. The number of nitrogen functional groups attached to an aromatic ring is 1. The van der Waals surface area contributed by atoms with Gasteiger partial charge in [0, 0.05) is 0 Å². The van der Waals surface area contributed by atoms with Gasteiger partial charge in [-0.05, 0) is 36.3 Å². The fraction of sp³-hybridized carbons (Fsp3) is 0.708. The number of nitrogens with zero attached hydrogens (tertiary/aromatic N) is 4. The number of rotatable bonds is 6. The first kappa shape index (κ1) is 27.7. The summed E-state index contributed by atoms with van der Waals surface area (Å²) >= 11 is 0. The van der Waals surface area contributed by atoms with Crippen LogP contribution >= 0.6 is 0 Å². The number of aromatic nitrogens is 4. The Kier molecular flexibility index (Phi) is 7.07. The Hall–Kier alpha value is -1.85. The minimum atomic E-state index is -2.32. The number of hydrogen-bond donors (Lipinski definition) is 1. The Bertz CT molecular complexity index is 1130. The number of terminal acetylenes is 1. The van der Waals surface area contributed by atoms with E-state index in [9.17, 15) is 4.39 Å². The molecule has 1 aliphatic heterocycles. The molecule has 11 heteroatoms. The average Bonchev–Trinajstić information content (AvgIpc) is 3.26. The maximum atomic E-state index is 14.1.